The molecule has 0 aliphatic rings. The van der Waals surface area contributed by atoms with Gasteiger partial charge in [0, 0.05) is 32.6 Å². The number of aromatic nitrogens is 4. The van der Waals surface area contributed by atoms with E-state index in [2.05, 4.69) is 155 Å². The van der Waals surface area contributed by atoms with E-state index in [0.29, 0.717) is 11.6 Å². The van der Waals surface area contributed by atoms with Gasteiger partial charge in [0.2, 0.25) is 5.95 Å². The Morgan fingerprint density at radius 1 is 0.423 bits per heavy atom. The van der Waals surface area contributed by atoms with Gasteiger partial charge in [-0.05, 0) is 87.3 Å². The average molecular weight is 662 g/mol. The van der Waals surface area contributed by atoms with Crippen molar-refractivity contribution in [1.82, 2.24) is 19.1 Å². The molecule has 0 aliphatic carbocycles. The molecule has 0 N–H and O–H groups in total. The number of nitriles is 1. The summed E-state index contributed by atoms with van der Waals surface area (Å²) >= 11 is 0. The van der Waals surface area contributed by atoms with Crippen molar-refractivity contribution in [1.29, 1.82) is 5.26 Å². The molecular formula is C47H27N5. The Labute approximate surface area is 297 Å². The first-order valence-corrected chi connectivity index (χ1v) is 17.4. The summed E-state index contributed by atoms with van der Waals surface area (Å²) in [6, 6.07) is 60.1. The highest BCUT2D eigenvalue weighted by atomic mass is 15.2. The van der Waals surface area contributed by atoms with Crippen LogP contribution in [-0.4, -0.2) is 19.1 Å². The third-order valence-corrected chi connectivity index (χ3v) is 10.6. The fourth-order valence-corrected chi connectivity index (χ4v) is 8.26. The Kier molecular flexibility index (Phi) is 5.96. The number of benzene rings is 8. The number of nitrogens with zero attached hydrogens (tertiary/aromatic N) is 5. The van der Waals surface area contributed by atoms with Crippen molar-refractivity contribution >= 4 is 76.1 Å². The zero-order valence-electron chi connectivity index (χ0n) is 27.8. The molecule has 11 rings (SSSR count). The van der Waals surface area contributed by atoms with Crippen LogP contribution in [0.3, 0.4) is 0 Å². The minimum absolute atomic E-state index is 0.364. The molecule has 52 heavy (non-hydrogen) atoms. The molecule has 5 nitrogen and oxygen atoms in total. The van der Waals surface area contributed by atoms with Gasteiger partial charge in [0.1, 0.15) is 6.07 Å². The van der Waals surface area contributed by atoms with Gasteiger partial charge in [-0.2, -0.15) is 5.26 Å². The molecule has 0 unspecified atom stereocenters. The Balaban J connectivity index is 1.20. The number of para-hydroxylation sites is 2. The highest BCUT2D eigenvalue weighted by Gasteiger charge is 2.20. The third-order valence-electron chi connectivity index (χ3n) is 10.6. The zero-order valence-corrected chi connectivity index (χ0v) is 27.8. The summed E-state index contributed by atoms with van der Waals surface area (Å²) in [7, 11) is 0. The highest BCUT2D eigenvalue weighted by molar-refractivity contribution is 6.23. The molecule has 11 aromatic rings. The molecule has 0 fully saturated rings. The van der Waals surface area contributed by atoms with Crippen LogP contribution in [0.4, 0.5) is 0 Å². The second-order valence-electron chi connectivity index (χ2n) is 13.3. The first-order chi connectivity index (χ1) is 25.7. The van der Waals surface area contributed by atoms with Crippen LogP contribution in [0.25, 0.3) is 98.8 Å². The molecular weight excluding hydrogens is 635 g/mol. The summed E-state index contributed by atoms with van der Waals surface area (Å²) in [4.78, 5) is 9.83. The summed E-state index contributed by atoms with van der Waals surface area (Å²) in [6.45, 7) is 0. The van der Waals surface area contributed by atoms with Gasteiger partial charge in [0.25, 0.3) is 0 Å². The molecule has 3 aromatic heterocycles. The van der Waals surface area contributed by atoms with Gasteiger partial charge >= 0.3 is 0 Å². The lowest BCUT2D eigenvalue weighted by Crippen LogP contribution is -2.03. The van der Waals surface area contributed by atoms with Crippen LogP contribution in [0.1, 0.15) is 5.69 Å². The lowest BCUT2D eigenvalue weighted by molar-refractivity contribution is 1.00. The van der Waals surface area contributed by atoms with Gasteiger partial charge < -0.3 is 4.57 Å². The van der Waals surface area contributed by atoms with Crippen molar-refractivity contribution in [3.05, 3.63) is 169 Å². The Morgan fingerprint density at radius 3 is 1.77 bits per heavy atom. The minimum Gasteiger partial charge on any atom is -0.309 e. The summed E-state index contributed by atoms with van der Waals surface area (Å²) < 4.78 is 4.50. The molecule has 0 saturated carbocycles. The fourth-order valence-electron chi connectivity index (χ4n) is 8.26. The summed E-state index contributed by atoms with van der Waals surface area (Å²) in [5.41, 5.74) is 8.82. The number of hydrogen-bond donors (Lipinski definition) is 0. The van der Waals surface area contributed by atoms with E-state index in [1.807, 2.05) is 24.3 Å². The van der Waals surface area contributed by atoms with Gasteiger partial charge in [-0.1, -0.05) is 109 Å². The van der Waals surface area contributed by atoms with Crippen molar-refractivity contribution in [2.24, 2.45) is 0 Å². The maximum Gasteiger partial charge on any atom is 0.236 e. The SMILES string of the molecule is N#Cc1nc(-n2c3ccc(-c4ccc5c6c7ccccc7ccc6n(-c6ccccc6)c5c4)cc3c3c4ccccc4ccc32)nc2ccccc12. The van der Waals surface area contributed by atoms with Gasteiger partial charge in [-0.25, -0.2) is 9.97 Å². The third kappa shape index (κ3) is 4.03. The predicted octanol–water partition coefficient (Wildman–Crippen LogP) is 11.7. The van der Waals surface area contributed by atoms with E-state index < -0.39 is 0 Å². The quantitative estimate of drug-likeness (QED) is 0.189. The second-order valence-corrected chi connectivity index (χ2v) is 13.3. The first-order valence-electron chi connectivity index (χ1n) is 17.4. The van der Waals surface area contributed by atoms with Crippen molar-refractivity contribution in [2.75, 3.05) is 0 Å². The minimum atomic E-state index is 0.364. The van der Waals surface area contributed by atoms with Crippen molar-refractivity contribution < 1.29 is 0 Å². The van der Waals surface area contributed by atoms with Crippen LogP contribution in [0.5, 0.6) is 0 Å². The largest absolute Gasteiger partial charge is 0.309 e. The van der Waals surface area contributed by atoms with Crippen LogP contribution >= 0.6 is 0 Å². The van der Waals surface area contributed by atoms with Gasteiger partial charge in [-0.15, -0.1) is 0 Å². The number of fused-ring (bicyclic) bond motifs is 11. The molecule has 0 bridgehead atoms. The molecule has 0 aliphatic heterocycles. The van der Waals surface area contributed by atoms with Gasteiger partial charge in [0.05, 0.1) is 27.6 Å². The average Bonchev–Trinajstić information content (AvgIpc) is 3.73. The van der Waals surface area contributed by atoms with Crippen molar-refractivity contribution in [2.45, 2.75) is 0 Å². The van der Waals surface area contributed by atoms with Gasteiger partial charge in [-0.3, -0.25) is 4.57 Å². The van der Waals surface area contributed by atoms with Crippen molar-refractivity contribution in [3.63, 3.8) is 0 Å². The monoisotopic (exact) mass is 661 g/mol. The van der Waals surface area contributed by atoms with E-state index in [4.69, 9.17) is 9.97 Å². The number of hydrogen-bond acceptors (Lipinski definition) is 3. The van der Waals surface area contributed by atoms with Crippen LogP contribution in [0.15, 0.2) is 164 Å². The van der Waals surface area contributed by atoms with E-state index in [-0.39, 0.29) is 0 Å². The Hall–Kier alpha value is -7.29. The fraction of sp³-hybridized carbons (Fsp3) is 0. The maximum atomic E-state index is 10.1. The predicted molar refractivity (Wildman–Crippen MR) is 213 cm³/mol. The van der Waals surface area contributed by atoms with Crippen LogP contribution in [0.2, 0.25) is 0 Å². The van der Waals surface area contributed by atoms with E-state index in [1.54, 1.807) is 0 Å². The first kappa shape index (κ1) is 28.5. The second kappa shape index (κ2) is 10.9. The van der Waals surface area contributed by atoms with E-state index in [0.717, 1.165) is 65.8 Å². The molecule has 0 amide bonds. The molecule has 0 spiro atoms. The summed E-state index contributed by atoms with van der Waals surface area (Å²) in [6.07, 6.45) is 0. The molecule has 240 valence electrons. The lowest BCUT2D eigenvalue weighted by Gasteiger charge is -2.10. The number of rotatable bonds is 3. The lowest BCUT2D eigenvalue weighted by atomic mass is 9.98. The normalized spacial score (nSPS) is 11.8. The molecule has 5 heteroatoms. The molecule has 3 heterocycles. The van der Waals surface area contributed by atoms with Crippen LogP contribution in [-0.2, 0) is 0 Å². The Morgan fingerprint density at radius 2 is 1.02 bits per heavy atom. The molecule has 8 aromatic carbocycles. The highest BCUT2D eigenvalue weighted by Crippen LogP contribution is 2.41. The standard InChI is InChI=1S/C47H27N5/c48-28-40-36-16-8-9-17-39(36)49-47(50-40)52-41-23-21-31(26-38(41)46-35-15-7-5-11-30(35)20-25-43(46)52)32-18-22-37-44(27-32)51(33-12-2-1-3-13-33)42-24-19-29-10-4-6-14-34(29)45(37)42/h1-27H. The Bertz CT molecular complexity index is 3310. The smallest absolute Gasteiger partial charge is 0.236 e. The molecule has 0 atom stereocenters. The van der Waals surface area contributed by atoms with Crippen molar-refractivity contribution in [3.8, 4) is 28.8 Å². The van der Waals surface area contributed by atoms with Crippen LogP contribution in [0, 0.1) is 11.3 Å². The summed E-state index contributed by atoms with van der Waals surface area (Å²) in [5.74, 6) is 0.485. The zero-order chi connectivity index (χ0) is 34.3. The molecule has 0 radical (unpaired) electrons. The van der Waals surface area contributed by atoms with E-state index in [1.165, 1.54) is 27.1 Å². The maximum absolute atomic E-state index is 10.1. The topological polar surface area (TPSA) is 59.4 Å². The summed E-state index contributed by atoms with van der Waals surface area (Å²) in [5, 5.41) is 20.4. The van der Waals surface area contributed by atoms with E-state index >= 15 is 0 Å². The van der Waals surface area contributed by atoms with Crippen LogP contribution < -0.4 is 0 Å². The molecule has 0 saturated heterocycles. The van der Waals surface area contributed by atoms with Gasteiger partial charge in [0.15, 0.2) is 5.69 Å². The van der Waals surface area contributed by atoms with E-state index in [9.17, 15) is 5.26 Å².